The van der Waals surface area contributed by atoms with Crippen LogP contribution in [0.4, 0.5) is 4.39 Å². The predicted octanol–water partition coefficient (Wildman–Crippen LogP) is 1.33. The lowest BCUT2D eigenvalue weighted by molar-refractivity contribution is -0.0132. The van der Waals surface area contributed by atoms with Gasteiger partial charge in [-0.15, -0.1) is 0 Å². The van der Waals surface area contributed by atoms with Crippen LogP contribution in [-0.4, -0.2) is 31.0 Å². The molecule has 0 radical (unpaired) electrons. The van der Waals surface area contributed by atoms with Gasteiger partial charge in [0, 0.05) is 16.0 Å². The van der Waals surface area contributed by atoms with Gasteiger partial charge in [0.1, 0.15) is 11.4 Å². The van der Waals surface area contributed by atoms with Crippen LogP contribution in [0.2, 0.25) is 0 Å². The highest BCUT2D eigenvalue weighted by Gasteiger charge is 2.55. The Morgan fingerprint density at radius 3 is 3.17 bits per heavy atom. The summed E-state index contributed by atoms with van der Waals surface area (Å²) in [4.78, 5) is 5.27. The zero-order valence-electron chi connectivity index (χ0n) is 9.53. The third kappa shape index (κ3) is 1.71. The number of nitrogens with one attached hydrogen (secondary N) is 1. The highest BCUT2D eigenvalue weighted by molar-refractivity contribution is 9.10. The lowest BCUT2D eigenvalue weighted by Gasteiger charge is -2.27. The van der Waals surface area contributed by atoms with Gasteiger partial charge in [-0.1, -0.05) is 15.9 Å². The molecule has 2 aliphatic heterocycles. The minimum Gasteiger partial charge on any atom is -0.394 e. The number of rotatable bonds is 2. The fourth-order valence-corrected chi connectivity index (χ4v) is 3.11. The van der Waals surface area contributed by atoms with Gasteiger partial charge in [-0.3, -0.25) is 0 Å². The largest absolute Gasteiger partial charge is 0.394 e. The molecule has 2 heterocycles. The van der Waals surface area contributed by atoms with E-state index in [2.05, 4.69) is 21.4 Å². The molecular formula is C12H13BrFNO3. The number of hydrogen-bond donors (Lipinski definition) is 2. The fourth-order valence-electron chi connectivity index (χ4n) is 2.75. The molecule has 98 valence electrons. The summed E-state index contributed by atoms with van der Waals surface area (Å²) < 4.78 is 20.4. The summed E-state index contributed by atoms with van der Waals surface area (Å²) in [7, 11) is 0. The first-order chi connectivity index (χ1) is 8.67. The molecule has 0 spiro atoms. The number of halogens is 2. The molecule has 0 aromatic heterocycles. The maximum Gasteiger partial charge on any atom is 0.128 e. The second-order valence-corrected chi connectivity index (χ2v) is 5.56. The van der Waals surface area contributed by atoms with E-state index in [9.17, 15) is 9.50 Å². The van der Waals surface area contributed by atoms with E-state index in [1.807, 2.05) is 0 Å². The maximum absolute atomic E-state index is 14.1. The van der Waals surface area contributed by atoms with Crippen LogP contribution in [-0.2, 0) is 15.1 Å². The Labute approximate surface area is 112 Å². The molecule has 3 rings (SSSR count). The summed E-state index contributed by atoms with van der Waals surface area (Å²) in [6.45, 7) is 0.598. The highest BCUT2D eigenvalue weighted by atomic mass is 79.9. The number of aliphatic hydroxyl groups excluding tert-OH is 1. The van der Waals surface area contributed by atoms with Crippen molar-refractivity contribution in [3.8, 4) is 0 Å². The second-order valence-electron chi connectivity index (χ2n) is 4.65. The first-order valence-corrected chi connectivity index (χ1v) is 6.53. The van der Waals surface area contributed by atoms with Crippen molar-refractivity contribution in [2.75, 3.05) is 19.8 Å². The smallest absolute Gasteiger partial charge is 0.128 e. The zero-order valence-corrected chi connectivity index (χ0v) is 11.1. The van der Waals surface area contributed by atoms with E-state index < -0.39 is 5.54 Å². The van der Waals surface area contributed by atoms with E-state index in [1.54, 1.807) is 12.1 Å². The Bertz CT molecular complexity index is 473. The molecule has 0 aliphatic carbocycles. The topological polar surface area (TPSA) is 50.7 Å². The third-order valence-corrected chi connectivity index (χ3v) is 4.21. The molecule has 2 aliphatic rings. The van der Waals surface area contributed by atoms with Crippen LogP contribution in [0.3, 0.4) is 0 Å². The molecule has 18 heavy (non-hydrogen) atoms. The van der Waals surface area contributed by atoms with Gasteiger partial charge in [0.2, 0.25) is 0 Å². The van der Waals surface area contributed by atoms with Gasteiger partial charge in [0.15, 0.2) is 0 Å². The molecule has 0 bridgehead atoms. The van der Waals surface area contributed by atoms with E-state index in [1.165, 1.54) is 6.07 Å². The standard InChI is InChI=1S/C12H13BrFNO3/c13-7-1-2-10(14)8(3-7)12-6-17-11(4-16)9(12)5-18-15-12/h1-3,9,11,15-16H,4-6H2. The Hall–Kier alpha value is -0.530. The predicted molar refractivity (Wildman–Crippen MR) is 65.2 cm³/mol. The lowest BCUT2D eigenvalue weighted by Crippen LogP contribution is -2.43. The van der Waals surface area contributed by atoms with Crippen LogP contribution in [0.25, 0.3) is 0 Å². The molecule has 1 aromatic carbocycles. The number of hydrogen-bond acceptors (Lipinski definition) is 4. The quantitative estimate of drug-likeness (QED) is 0.864. The number of ether oxygens (including phenoxy) is 1. The minimum absolute atomic E-state index is 0.0902. The molecular weight excluding hydrogens is 305 g/mol. The second kappa shape index (κ2) is 4.54. The molecule has 0 amide bonds. The van der Waals surface area contributed by atoms with Gasteiger partial charge in [-0.25, -0.2) is 4.39 Å². The van der Waals surface area contributed by atoms with E-state index in [0.717, 1.165) is 4.47 Å². The number of benzene rings is 1. The molecule has 2 N–H and O–H groups in total. The van der Waals surface area contributed by atoms with Crippen molar-refractivity contribution < 1.29 is 19.1 Å². The SMILES string of the molecule is OCC1OCC2(c3cc(Br)ccc3F)NOCC12. The maximum atomic E-state index is 14.1. The molecule has 4 nitrogen and oxygen atoms in total. The average Bonchev–Trinajstić information content (AvgIpc) is 2.91. The first-order valence-electron chi connectivity index (χ1n) is 5.74. The number of hydroxylamine groups is 1. The summed E-state index contributed by atoms with van der Waals surface area (Å²) in [5.41, 5.74) is 2.69. The first kappa shape index (κ1) is 12.5. The van der Waals surface area contributed by atoms with E-state index in [-0.39, 0.29) is 31.1 Å². The molecule has 3 unspecified atom stereocenters. The summed E-state index contributed by atoms with van der Waals surface area (Å²) in [5, 5.41) is 9.29. The zero-order chi connectivity index (χ0) is 12.8. The summed E-state index contributed by atoms with van der Waals surface area (Å²) >= 11 is 3.34. The van der Waals surface area contributed by atoms with Crippen molar-refractivity contribution in [1.82, 2.24) is 5.48 Å². The Kier molecular flexibility index (Phi) is 3.15. The van der Waals surface area contributed by atoms with Gasteiger partial charge in [-0.2, -0.15) is 5.48 Å². The molecule has 2 saturated heterocycles. The van der Waals surface area contributed by atoms with E-state index in [0.29, 0.717) is 12.2 Å². The highest BCUT2D eigenvalue weighted by Crippen LogP contribution is 2.44. The molecule has 1 aromatic rings. The van der Waals surface area contributed by atoms with E-state index >= 15 is 0 Å². The Balaban J connectivity index is 2.06. The van der Waals surface area contributed by atoms with Crippen LogP contribution in [0, 0.1) is 11.7 Å². The van der Waals surface area contributed by atoms with Gasteiger partial charge in [0.25, 0.3) is 0 Å². The normalized spacial score (nSPS) is 34.8. The van der Waals surface area contributed by atoms with Crippen molar-refractivity contribution in [1.29, 1.82) is 0 Å². The number of fused-ring (bicyclic) bond motifs is 1. The summed E-state index contributed by atoms with van der Waals surface area (Å²) in [5.74, 6) is -0.394. The van der Waals surface area contributed by atoms with Crippen molar-refractivity contribution in [3.05, 3.63) is 34.1 Å². The average molecular weight is 318 g/mol. The van der Waals surface area contributed by atoms with Crippen LogP contribution in [0.15, 0.2) is 22.7 Å². The molecule has 0 saturated carbocycles. The van der Waals surface area contributed by atoms with Gasteiger partial charge >= 0.3 is 0 Å². The van der Waals surface area contributed by atoms with Crippen molar-refractivity contribution in [2.45, 2.75) is 11.6 Å². The Morgan fingerprint density at radius 2 is 2.39 bits per heavy atom. The Morgan fingerprint density at radius 1 is 1.56 bits per heavy atom. The molecule has 3 atom stereocenters. The van der Waals surface area contributed by atoms with Crippen LogP contribution in [0.1, 0.15) is 5.56 Å². The van der Waals surface area contributed by atoms with Crippen LogP contribution in [0.5, 0.6) is 0 Å². The van der Waals surface area contributed by atoms with Crippen molar-refractivity contribution in [2.24, 2.45) is 5.92 Å². The number of aliphatic hydroxyl groups is 1. The van der Waals surface area contributed by atoms with Crippen molar-refractivity contribution >= 4 is 15.9 Å². The summed E-state index contributed by atoms with van der Waals surface area (Å²) in [6, 6.07) is 4.80. The summed E-state index contributed by atoms with van der Waals surface area (Å²) in [6.07, 6.45) is -0.321. The lowest BCUT2D eigenvalue weighted by atomic mass is 9.79. The molecule has 6 heteroatoms. The van der Waals surface area contributed by atoms with Gasteiger partial charge < -0.3 is 14.7 Å². The van der Waals surface area contributed by atoms with Crippen molar-refractivity contribution in [3.63, 3.8) is 0 Å². The van der Waals surface area contributed by atoms with Crippen LogP contribution < -0.4 is 5.48 Å². The third-order valence-electron chi connectivity index (χ3n) is 3.71. The molecule has 2 fully saturated rings. The van der Waals surface area contributed by atoms with E-state index in [4.69, 9.17) is 9.57 Å². The van der Waals surface area contributed by atoms with Gasteiger partial charge in [-0.05, 0) is 18.2 Å². The minimum atomic E-state index is -0.707. The monoisotopic (exact) mass is 317 g/mol. The fraction of sp³-hybridized carbons (Fsp3) is 0.500. The van der Waals surface area contributed by atoms with Crippen LogP contribution >= 0.6 is 15.9 Å². The van der Waals surface area contributed by atoms with Gasteiger partial charge in [0.05, 0.1) is 25.9 Å².